The van der Waals surface area contributed by atoms with Gasteiger partial charge >= 0.3 is 5.97 Å². The SMILES string of the molecule is CCCc1nc2cc(C(=O)O)ccc2n1CCS(=O)CC. The van der Waals surface area contributed by atoms with E-state index in [-0.39, 0.29) is 5.56 Å². The van der Waals surface area contributed by atoms with Crippen molar-refractivity contribution >= 4 is 27.8 Å². The first-order chi connectivity index (χ1) is 10.1. The number of aromatic nitrogens is 2. The molecule has 0 bridgehead atoms. The number of hydrogen-bond donors (Lipinski definition) is 1. The molecule has 6 heteroatoms. The van der Waals surface area contributed by atoms with Crippen LogP contribution in [0.25, 0.3) is 11.0 Å². The van der Waals surface area contributed by atoms with Crippen LogP contribution in [0.5, 0.6) is 0 Å². The van der Waals surface area contributed by atoms with Gasteiger partial charge in [0.15, 0.2) is 0 Å². The Morgan fingerprint density at radius 3 is 2.76 bits per heavy atom. The fourth-order valence-electron chi connectivity index (χ4n) is 2.31. The predicted octanol–water partition coefficient (Wildman–Crippen LogP) is 2.46. The van der Waals surface area contributed by atoms with Gasteiger partial charge < -0.3 is 9.67 Å². The molecule has 2 rings (SSSR count). The molecule has 1 aromatic carbocycles. The zero-order chi connectivity index (χ0) is 15.4. The van der Waals surface area contributed by atoms with Crippen molar-refractivity contribution in [1.82, 2.24) is 9.55 Å². The second-order valence-electron chi connectivity index (χ2n) is 4.87. The van der Waals surface area contributed by atoms with Crippen LogP contribution in [-0.4, -0.2) is 36.3 Å². The van der Waals surface area contributed by atoms with E-state index in [0.29, 0.717) is 23.6 Å². The highest BCUT2D eigenvalue weighted by Gasteiger charge is 2.13. The number of aryl methyl sites for hydroxylation is 2. The molecule has 0 spiro atoms. The number of carboxylic acids is 1. The number of benzene rings is 1. The van der Waals surface area contributed by atoms with Crippen LogP contribution in [0.1, 0.15) is 36.5 Å². The normalized spacial score (nSPS) is 12.7. The van der Waals surface area contributed by atoms with Crippen molar-refractivity contribution in [3.05, 3.63) is 29.6 Å². The van der Waals surface area contributed by atoms with E-state index in [9.17, 15) is 9.00 Å². The van der Waals surface area contributed by atoms with Crippen molar-refractivity contribution in [2.24, 2.45) is 0 Å². The predicted molar refractivity (Wildman–Crippen MR) is 84.2 cm³/mol. The molecular formula is C15H20N2O3S. The number of carbonyl (C=O) groups is 1. The van der Waals surface area contributed by atoms with E-state index in [1.54, 1.807) is 18.2 Å². The number of rotatable bonds is 7. The van der Waals surface area contributed by atoms with E-state index >= 15 is 0 Å². The number of hydrogen-bond acceptors (Lipinski definition) is 3. The third-order valence-corrected chi connectivity index (χ3v) is 4.69. The van der Waals surface area contributed by atoms with Gasteiger partial charge in [0.1, 0.15) is 5.82 Å². The first-order valence-corrected chi connectivity index (χ1v) is 8.63. The molecule has 21 heavy (non-hydrogen) atoms. The summed E-state index contributed by atoms with van der Waals surface area (Å²) >= 11 is 0. The van der Waals surface area contributed by atoms with E-state index in [0.717, 1.165) is 24.2 Å². The Bertz CT molecular complexity index is 679. The molecule has 1 heterocycles. The highest BCUT2D eigenvalue weighted by atomic mass is 32.2. The topological polar surface area (TPSA) is 72.2 Å². The van der Waals surface area contributed by atoms with Crippen LogP contribution in [0.2, 0.25) is 0 Å². The minimum absolute atomic E-state index is 0.243. The molecule has 5 nitrogen and oxygen atoms in total. The molecule has 1 N–H and O–H groups in total. The number of carboxylic acid groups (broad SMARTS) is 1. The lowest BCUT2D eigenvalue weighted by atomic mass is 10.2. The number of nitrogens with zero attached hydrogens (tertiary/aromatic N) is 2. The number of aromatic carboxylic acids is 1. The maximum atomic E-state index is 11.7. The maximum Gasteiger partial charge on any atom is 0.335 e. The van der Waals surface area contributed by atoms with Gasteiger partial charge in [-0.1, -0.05) is 13.8 Å². The van der Waals surface area contributed by atoms with Crippen molar-refractivity contribution in [2.45, 2.75) is 33.2 Å². The summed E-state index contributed by atoms with van der Waals surface area (Å²) in [5, 5.41) is 9.06. The van der Waals surface area contributed by atoms with Gasteiger partial charge in [0, 0.05) is 35.3 Å². The highest BCUT2D eigenvalue weighted by Crippen LogP contribution is 2.19. The van der Waals surface area contributed by atoms with Crippen molar-refractivity contribution in [3.8, 4) is 0 Å². The van der Waals surface area contributed by atoms with Crippen molar-refractivity contribution in [1.29, 1.82) is 0 Å². The van der Waals surface area contributed by atoms with Gasteiger partial charge in [0.2, 0.25) is 0 Å². The first-order valence-electron chi connectivity index (χ1n) is 7.14. The van der Waals surface area contributed by atoms with Crippen molar-refractivity contribution in [2.75, 3.05) is 11.5 Å². The lowest BCUT2D eigenvalue weighted by molar-refractivity contribution is 0.0697. The Balaban J connectivity index is 2.42. The Labute approximate surface area is 126 Å². The minimum Gasteiger partial charge on any atom is -0.478 e. The molecule has 0 saturated heterocycles. The molecule has 2 aromatic rings. The summed E-state index contributed by atoms with van der Waals surface area (Å²) in [7, 11) is -0.821. The number of fused-ring (bicyclic) bond motifs is 1. The monoisotopic (exact) mass is 308 g/mol. The Hall–Kier alpha value is -1.69. The smallest absolute Gasteiger partial charge is 0.335 e. The quantitative estimate of drug-likeness (QED) is 0.853. The Kier molecular flexibility index (Phi) is 5.12. The molecule has 1 unspecified atom stereocenters. The summed E-state index contributed by atoms with van der Waals surface area (Å²) in [5.74, 6) is 1.23. The molecule has 1 aromatic heterocycles. The molecule has 0 aliphatic heterocycles. The van der Waals surface area contributed by atoms with Crippen molar-refractivity contribution < 1.29 is 14.1 Å². The summed E-state index contributed by atoms with van der Waals surface area (Å²) in [6, 6.07) is 4.99. The summed E-state index contributed by atoms with van der Waals surface area (Å²) in [4.78, 5) is 15.6. The van der Waals surface area contributed by atoms with Crippen molar-refractivity contribution in [3.63, 3.8) is 0 Å². The molecule has 114 valence electrons. The third kappa shape index (κ3) is 3.50. The standard InChI is InChI=1S/C15H20N2O3S/c1-3-5-14-16-12-10-11(15(18)19)6-7-13(12)17(14)8-9-21(20)4-2/h6-7,10H,3-5,8-9H2,1-2H3,(H,18,19). The number of imidazole rings is 1. The van der Waals surface area contributed by atoms with Gasteiger partial charge in [-0.3, -0.25) is 4.21 Å². The van der Waals surface area contributed by atoms with E-state index in [1.807, 2.05) is 6.92 Å². The van der Waals surface area contributed by atoms with Crippen LogP contribution in [0.3, 0.4) is 0 Å². The fourth-order valence-corrected chi connectivity index (χ4v) is 2.99. The lowest BCUT2D eigenvalue weighted by Crippen LogP contribution is -2.11. The average Bonchev–Trinajstić information content (AvgIpc) is 2.81. The summed E-state index contributed by atoms with van der Waals surface area (Å²) in [5.41, 5.74) is 1.85. The molecule has 0 amide bonds. The molecule has 0 radical (unpaired) electrons. The molecule has 0 aliphatic rings. The van der Waals surface area contributed by atoms with E-state index in [4.69, 9.17) is 5.11 Å². The minimum atomic E-state index is -0.949. The average molecular weight is 308 g/mol. The van der Waals surface area contributed by atoms with Crippen LogP contribution in [0.4, 0.5) is 0 Å². The zero-order valence-corrected chi connectivity index (χ0v) is 13.2. The van der Waals surface area contributed by atoms with Gasteiger partial charge in [-0.25, -0.2) is 9.78 Å². The summed E-state index contributed by atoms with van der Waals surface area (Å²) in [6.07, 6.45) is 1.79. The lowest BCUT2D eigenvalue weighted by Gasteiger charge is -2.08. The second-order valence-corrected chi connectivity index (χ2v) is 6.74. The zero-order valence-electron chi connectivity index (χ0n) is 12.3. The van der Waals surface area contributed by atoms with Gasteiger partial charge in [0.05, 0.1) is 16.6 Å². The highest BCUT2D eigenvalue weighted by molar-refractivity contribution is 7.84. The first kappa shape index (κ1) is 15.7. The van der Waals surface area contributed by atoms with Gasteiger partial charge in [-0.05, 0) is 24.6 Å². The molecular weight excluding hydrogens is 288 g/mol. The summed E-state index contributed by atoms with van der Waals surface area (Å²) < 4.78 is 13.7. The second kappa shape index (κ2) is 6.85. The molecule has 0 fully saturated rings. The maximum absolute atomic E-state index is 11.7. The fraction of sp³-hybridized carbons (Fsp3) is 0.467. The molecule has 0 aliphatic carbocycles. The van der Waals surface area contributed by atoms with Crippen LogP contribution in [0, 0.1) is 0 Å². The van der Waals surface area contributed by atoms with Crippen LogP contribution in [0.15, 0.2) is 18.2 Å². The Morgan fingerprint density at radius 1 is 1.38 bits per heavy atom. The molecule has 1 atom stereocenters. The van der Waals surface area contributed by atoms with E-state index in [2.05, 4.69) is 16.5 Å². The van der Waals surface area contributed by atoms with Gasteiger partial charge in [-0.15, -0.1) is 0 Å². The Morgan fingerprint density at radius 2 is 2.14 bits per heavy atom. The third-order valence-electron chi connectivity index (χ3n) is 3.41. The van der Waals surface area contributed by atoms with E-state index < -0.39 is 16.8 Å². The van der Waals surface area contributed by atoms with Crippen LogP contribution in [-0.2, 0) is 23.8 Å². The van der Waals surface area contributed by atoms with Crippen LogP contribution >= 0.6 is 0 Å². The largest absolute Gasteiger partial charge is 0.478 e. The van der Waals surface area contributed by atoms with E-state index in [1.165, 1.54) is 0 Å². The molecule has 0 saturated carbocycles. The van der Waals surface area contributed by atoms with Crippen LogP contribution < -0.4 is 0 Å². The van der Waals surface area contributed by atoms with Gasteiger partial charge in [-0.2, -0.15) is 0 Å². The summed E-state index contributed by atoms with van der Waals surface area (Å²) in [6.45, 7) is 4.64. The van der Waals surface area contributed by atoms with Gasteiger partial charge in [0.25, 0.3) is 0 Å².